The summed E-state index contributed by atoms with van der Waals surface area (Å²) in [5.74, 6) is -0.116. The molecular formula is C20H20N4O2S. The molecule has 1 N–H and O–H groups in total. The second kappa shape index (κ2) is 8.28. The normalized spacial score (nSPS) is 14.1. The molecule has 0 atom stereocenters. The second-order valence-electron chi connectivity index (χ2n) is 6.18. The Morgan fingerprint density at radius 1 is 1.15 bits per heavy atom. The van der Waals surface area contributed by atoms with E-state index in [9.17, 15) is 4.79 Å². The Morgan fingerprint density at radius 3 is 2.70 bits per heavy atom. The smallest absolute Gasteiger partial charge is 0.264 e. The van der Waals surface area contributed by atoms with Crippen LogP contribution in [0.4, 0.5) is 5.13 Å². The first-order valence-electron chi connectivity index (χ1n) is 8.87. The minimum absolute atomic E-state index is 0.116. The van der Waals surface area contributed by atoms with Crippen LogP contribution in [0.15, 0.2) is 54.9 Å². The SMILES string of the molecule is O=C(NCc1cccnc1)c1sc(N2CCOCC2)nc1-c1ccccc1. The van der Waals surface area contributed by atoms with Crippen LogP contribution in [0.3, 0.4) is 0 Å². The molecule has 1 amide bonds. The maximum atomic E-state index is 12.9. The standard InChI is InChI=1S/C20H20N4O2S/c25-19(22-14-15-5-4-8-21-13-15)18-17(16-6-2-1-3-7-16)23-20(27-18)24-9-11-26-12-10-24/h1-8,13H,9-12,14H2,(H,22,25). The Morgan fingerprint density at radius 2 is 1.96 bits per heavy atom. The summed E-state index contributed by atoms with van der Waals surface area (Å²) in [4.78, 5) is 24.6. The highest BCUT2D eigenvalue weighted by atomic mass is 32.1. The number of hydrogen-bond donors (Lipinski definition) is 1. The number of carbonyl (C=O) groups is 1. The lowest BCUT2D eigenvalue weighted by Gasteiger charge is -2.26. The lowest BCUT2D eigenvalue weighted by atomic mass is 10.1. The van der Waals surface area contributed by atoms with E-state index in [1.807, 2.05) is 42.5 Å². The Hall–Kier alpha value is -2.77. The van der Waals surface area contributed by atoms with Crippen LogP contribution in [-0.4, -0.2) is 42.2 Å². The average Bonchev–Trinajstić information content (AvgIpc) is 3.20. The zero-order chi connectivity index (χ0) is 18.5. The van der Waals surface area contributed by atoms with Crippen molar-refractivity contribution in [3.8, 4) is 11.3 Å². The first-order valence-corrected chi connectivity index (χ1v) is 9.69. The molecule has 1 saturated heterocycles. The van der Waals surface area contributed by atoms with Crippen LogP contribution in [0.2, 0.25) is 0 Å². The van der Waals surface area contributed by atoms with Gasteiger partial charge < -0.3 is 15.0 Å². The number of rotatable bonds is 5. The molecule has 1 aliphatic heterocycles. The van der Waals surface area contributed by atoms with Gasteiger partial charge in [0.25, 0.3) is 5.91 Å². The van der Waals surface area contributed by atoms with Crippen molar-refractivity contribution in [2.24, 2.45) is 0 Å². The maximum absolute atomic E-state index is 12.9. The van der Waals surface area contributed by atoms with Crippen LogP contribution in [0.5, 0.6) is 0 Å². The fourth-order valence-corrected chi connectivity index (χ4v) is 3.97. The number of amides is 1. The van der Waals surface area contributed by atoms with E-state index < -0.39 is 0 Å². The molecule has 3 heterocycles. The Bertz CT molecular complexity index is 893. The van der Waals surface area contributed by atoms with Crippen molar-refractivity contribution in [1.82, 2.24) is 15.3 Å². The van der Waals surface area contributed by atoms with Crippen molar-refractivity contribution in [2.75, 3.05) is 31.2 Å². The van der Waals surface area contributed by atoms with Gasteiger partial charge in [-0.25, -0.2) is 4.98 Å². The molecule has 1 aromatic carbocycles. The molecule has 4 rings (SSSR count). The quantitative estimate of drug-likeness (QED) is 0.737. The third kappa shape index (κ3) is 4.15. The summed E-state index contributed by atoms with van der Waals surface area (Å²) in [6, 6.07) is 13.6. The number of hydrogen-bond acceptors (Lipinski definition) is 6. The van der Waals surface area contributed by atoms with E-state index in [1.165, 1.54) is 11.3 Å². The van der Waals surface area contributed by atoms with Crippen LogP contribution in [-0.2, 0) is 11.3 Å². The van der Waals surface area contributed by atoms with Gasteiger partial charge in [-0.15, -0.1) is 0 Å². The van der Waals surface area contributed by atoms with Gasteiger partial charge in [0.1, 0.15) is 4.88 Å². The molecular weight excluding hydrogens is 360 g/mol. The summed E-state index contributed by atoms with van der Waals surface area (Å²) >= 11 is 1.44. The lowest BCUT2D eigenvalue weighted by Crippen LogP contribution is -2.36. The summed E-state index contributed by atoms with van der Waals surface area (Å²) in [5, 5.41) is 3.85. The van der Waals surface area contributed by atoms with E-state index in [0.29, 0.717) is 24.6 Å². The van der Waals surface area contributed by atoms with Crippen LogP contribution >= 0.6 is 11.3 Å². The van der Waals surface area contributed by atoms with Crippen LogP contribution in [0.1, 0.15) is 15.2 Å². The maximum Gasteiger partial charge on any atom is 0.264 e. The molecule has 1 fully saturated rings. The molecule has 0 aliphatic carbocycles. The number of benzene rings is 1. The number of anilines is 1. The van der Waals surface area contributed by atoms with Crippen LogP contribution < -0.4 is 10.2 Å². The summed E-state index contributed by atoms with van der Waals surface area (Å²) in [7, 11) is 0. The van der Waals surface area contributed by atoms with E-state index in [0.717, 1.165) is 35.0 Å². The summed E-state index contributed by atoms with van der Waals surface area (Å²) in [6.07, 6.45) is 3.47. The molecule has 6 nitrogen and oxygen atoms in total. The van der Waals surface area contributed by atoms with Gasteiger partial charge >= 0.3 is 0 Å². The molecule has 0 unspecified atom stereocenters. The fourth-order valence-electron chi connectivity index (χ4n) is 2.91. The second-order valence-corrected chi connectivity index (χ2v) is 7.16. The topological polar surface area (TPSA) is 67.4 Å². The average molecular weight is 380 g/mol. The van der Waals surface area contributed by atoms with Gasteiger partial charge in [-0.05, 0) is 11.6 Å². The molecule has 2 aromatic heterocycles. The van der Waals surface area contributed by atoms with Gasteiger partial charge in [-0.3, -0.25) is 9.78 Å². The highest BCUT2D eigenvalue weighted by molar-refractivity contribution is 7.18. The highest BCUT2D eigenvalue weighted by Gasteiger charge is 2.23. The van der Waals surface area contributed by atoms with E-state index in [4.69, 9.17) is 9.72 Å². The molecule has 27 heavy (non-hydrogen) atoms. The number of nitrogens with zero attached hydrogens (tertiary/aromatic N) is 3. The van der Waals surface area contributed by atoms with Gasteiger partial charge in [0.05, 0.1) is 18.9 Å². The van der Waals surface area contributed by atoms with Crippen molar-refractivity contribution in [1.29, 1.82) is 0 Å². The van der Waals surface area contributed by atoms with Crippen molar-refractivity contribution >= 4 is 22.4 Å². The predicted octanol–water partition coefficient (Wildman–Crippen LogP) is 2.97. The van der Waals surface area contributed by atoms with E-state index in [-0.39, 0.29) is 5.91 Å². The third-order valence-electron chi connectivity index (χ3n) is 4.33. The van der Waals surface area contributed by atoms with Crippen molar-refractivity contribution in [2.45, 2.75) is 6.54 Å². The van der Waals surface area contributed by atoms with Gasteiger partial charge in [0.15, 0.2) is 5.13 Å². The number of thiazole rings is 1. The van der Waals surface area contributed by atoms with Crippen LogP contribution in [0.25, 0.3) is 11.3 Å². The summed E-state index contributed by atoms with van der Waals surface area (Å²) in [6.45, 7) is 3.38. The number of carbonyl (C=O) groups excluding carboxylic acids is 1. The first-order chi connectivity index (χ1) is 13.3. The van der Waals surface area contributed by atoms with Gasteiger partial charge in [0.2, 0.25) is 0 Å². The van der Waals surface area contributed by atoms with Crippen LogP contribution in [0, 0.1) is 0 Å². The lowest BCUT2D eigenvalue weighted by molar-refractivity contribution is 0.0955. The first kappa shape index (κ1) is 17.6. The molecule has 0 bridgehead atoms. The van der Waals surface area contributed by atoms with Gasteiger partial charge in [0, 0.05) is 37.6 Å². The molecule has 138 valence electrons. The van der Waals surface area contributed by atoms with Crippen molar-refractivity contribution in [3.05, 3.63) is 65.3 Å². The number of nitrogens with one attached hydrogen (secondary N) is 1. The minimum Gasteiger partial charge on any atom is -0.378 e. The number of ether oxygens (including phenoxy) is 1. The Labute approximate surface area is 161 Å². The van der Waals surface area contributed by atoms with E-state index in [2.05, 4.69) is 15.2 Å². The summed E-state index contributed by atoms with van der Waals surface area (Å²) in [5.41, 5.74) is 2.63. The van der Waals surface area contributed by atoms with Crippen molar-refractivity contribution < 1.29 is 9.53 Å². The number of pyridine rings is 1. The zero-order valence-corrected chi connectivity index (χ0v) is 15.6. The molecule has 0 saturated carbocycles. The third-order valence-corrected chi connectivity index (χ3v) is 5.44. The molecule has 3 aromatic rings. The monoisotopic (exact) mass is 380 g/mol. The Balaban J connectivity index is 1.61. The Kier molecular flexibility index (Phi) is 5.41. The molecule has 0 radical (unpaired) electrons. The minimum atomic E-state index is -0.116. The van der Waals surface area contributed by atoms with Gasteiger partial charge in [-0.2, -0.15) is 0 Å². The molecule has 7 heteroatoms. The number of morpholine rings is 1. The van der Waals surface area contributed by atoms with E-state index in [1.54, 1.807) is 12.4 Å². The van der Waals surface area contributed by atoms with Crippen molar-refractivity contribution in [3.63, 3.8) is 0 Å². The number of aromatic nitrogens is 2. The van der Waals surface area contributed by atoms with E-state index >= 15 is 0 Å². The predicted molar refractivity (Wildman–Crippen MR) is 106 cm³/mol. The molecule has 0 spiro atoms. The molecule has 1 aliphatic rings. The zero-order valence-electron chi connectivity index (χ0n) is 14.8. The van der Waals surface area contributed by atoms with Gasteiger partial charge in [-0.1, -0.05) is 47.7 Å². The largest absolute Gasteiger partial charge is 0.378 e. The fraction of sp³-hybridized carbons (Fsp3) is 0.250. The highest BCUT2D eigenvalue weighted by Crippen LogP contribution is 2.33. The summed E-state index contributed by atoms with van der Waals surface area (Å²) < 4.78 is 5.43.